The zero-order valence-corrected chi connectivity index (χ0v) is 6.93. The molecule has 0 fully saturated rings. The number of hydrogen-bond acceptors (Lipinski definition) is 3. The van der Waals surface area contributed by atoms with E-state index in [1.54, 1.807) is 0 Å². The molecule has 0 aromatic carbocycles. The maximum absolute atomic E-state index is 12.5. The maximum Gasteiger partial charge on any atom is 0.356 e. The van der Waals surface area contributed by atoms with Gasteiger partial charge in [0.05, 0.1) is 7.11 Å². The first-order valence-corrected chi connectivity index (χ1v) is 3.42. The number of rotatable bonds is 1. The van der Waals surface area contributed by atoms with Crippen LogP contribution in [0.4, 0.5) is 4.39 Å². The number of halogens is 2. The van der Waals surface area contributed by atoms with Gasteiger partial charge in [-0.25, -0.2) is 9.78 Å². The van der Waals surface area contributed by atoms with E-state index in [-0.39, 0.29) is 10.7 Å². The minimum absolute atomic E-state index is 0.114. The van der Waals surface area contributed by atoms with Crippen molar-refractivity contribution >= 4 is 17.6 Å². The first kappa shape index (κ1) is 8.93. The molecule has 5 heteroatoms. The Labute approximate surface area is 73.1 Å². The summed E-state index contributed by atoms with van der Waals surface area (Å²) in [6, 6.07) is 2.24. The summed E-state index contributed by atoms with van der Waals surface area (Å²) in [5, 5.41) is 0.114. The molecule has 0 unspecified atom stereocenters. The van der Waals surface area contributed by atoms with Crippen molar-refractivity contribution in [3.8, 4) is 0 Å². The van der Waals surface area contributed by atoms with Crippen LogP contribution in [0.5, 0.6) is 0 Å². The van der Waals surface area contributed by atoms with Gasteiger partial charge in [-0.15, -0.1) is 0 Å². The van der Waals surface area contributed by atoms with Crippen molar-refractivity contribution in [3.63, 3.8) is 0 Å². The number of hydrogen-bond donors (Lipinski definition) is 0. The van der Waals surface area contributed by atoms with Crippen LogP contribution in [0, 0.1) is 5.95 Å². The molecule has 0 saturated carbocycles. The molecule has 1 aromatic heterocycles. The van der Waals surface area contributed by atoms with E-state index in [4.69, 9.17) is 11.6 Å². The monoisotopic (exact) mass is 189 g/mol. The molecule has 0 aliphatic carbocycles. The van der Waals surface area contributed by atoms with Crippen LogP contribution >= 0.6 is 11.6 Å². The molecule has 0 saturated heterocycles. The van der Waals surface area contributed by atoms with E-state index in [1.807, 2.05) is 0 Å². The van der Waals surface area contributed by atoms with E-state index in [0.717, 1.165) is 6.07 Å². The summed E-state index contributed by atoms with van der Waals surface area (Å²) >= 11 is 5.46. The van der Waals surface area contributed by atoms with Gasteiger partial charge in [-0.2, -0.15) is 4.39 Å². The molecule has 1 heterocycles. The number of aromatic nitrogens is 1. The second-order valence-corrected chi connectivity index (χ2v) is 2.42. The first-order chi connectivity index (χ1) is 5.63. The molecule has 0 N–H and O–H groups in total. The number of pyridine rings is 1. The zero-order chi connectivity index (χ0) is 9.14. The van der Waals surface area contributed by atoms with E-state index in [0.29, 0.717) is 0 Å². The molecule has 0 bridgehead atoms. The van der Waals surface area contributed by atoms with Crippen LogP contribution in [0.3, 0.4) is 0 Å². The molecule has 0 radical (unpaired) electrons. The molecule has 0 aliphatic rings. The summed E-state index contributed by atoms with van der Waals surface area (Å²) in [5.41, 5.74) is -0.137. The molecule has 0 spiro atoms. The van der Waals surface area contributed by atoms with Crippen LogP contribution in [0.25, 0.3) is 0 Å². The van der Waals surface area contributed by atoms with E-state index in [2.05, 4.69) is 9.72 Å². The minimum atomic E-state index is -0.803. The summed E-state index contributed by atoms with van der Waals surface area (Å²) < 4.78 is 16.8. The van der Waals surface area contributed by atoms with Crippen LogP contribution in [0.2, 0.25) is 5.02 Å². The average Bonchev–Trinajstić information content (AvgIpc) is 2.01. The lowest BCUT2D eigenvalue weighted by Gasteiger charge is -1.98. The Balaban J connectivity index is 3.08. The van der Waals surface area contributed by atoms with Crippen molar-refractivity contribution in [3.05, 3.63) is 28.8 Å². The Morgan fingerprint density at radius 1 is 1.67 bits per heavy atom. The Morgan fingerprint density at radius 2 is 2.33 bits per heavy atom. The molecule has 12 heavy (non-hydrogen) atoms. The third kappa shape index (κ3) is 1.92. The quantitative estimate of drug-likeness (QED) is 0.498. The van der Waals surface area contributed by atoms with E-state index < -0.39 is 11.9 Å². The lowest BCUT2D eigenvalue weighted by atomic mass is 10.3. The van der Waals surface area contributed by atoms with E-state index in [9.17, 15) is 9.18 Å². The summed E-state index contributed by atoms with van der Waals surface area (Å²) in [4.78, 5) is 14.1. The van der Waals surface area contributed by atoms with Gasteiger partial charge in [-0.3, -0.25) is 0 Å². The number of carbonyl (C=O) groups is 1. The standard InChI is InChI=1S/C7H5ClFNO2/c1-12-7(11)5-2-4(8)3-6(9)10-5/h2-3H,1H3. The Bertz CT molecular complexity index is 296. The first-order valence-electron chi connectivity index (χ1n) is 3.05. The van der Waals surface area contributed by atoms with Crippen molar-refractivity contribution < 1.29 is 13.9 Å². The summed E-state index contributed by atoms with van der Waals surface area (Å²) in [5.74, 6) is -1.51. The van der Waals surface area contributed by atoms with Gasteiger partial charge >= 0.3 is 5.97 Å². The smallest absolute Gasteiger partial charge is 0.356 e. The lowest BCUT2D eigenvalue weighted by Crippen LogP contribution is -2.05. The van der Waals surface area contributed by atoms with Crippen LogP contribution in [0.1, 0.15) is 10.5 Å². The number of nitrogens with zero attached hydrogens (tertiary/aromatic N) is 1. The molecule has 0 aliphatic heterocycles. The molecule has 0 amide bonds. The Kier molecular flexibility index (Phi) is 2.60. The number of carbonyl (C=O) groups excluding carboxylic acids is 1. The van der Waals surface area contributed by atoms with E-state index >= 15 is 0 Å². The number of ether oxygens (including phenoxy) is 1. The third-order valence-electron chi connectivity index (χ3n) is 1.15. The van der Waals surface area contributed by atoms with Crippen LogP contribution < -0.4 is 0 Å². The second kappa shape index (κ2) is 3.49. The van der Waals surface area contributed by atoms with Gasteiger partial charge in [-0.05, 0) is 6.07 Å². The van der Waals surface area contributed by atoms with Gasteiger partial charge in [0.25, 0.3) is 0 Å². The van der Waals surface area contributed by atoms with Gasteiger partial charge in [-0.1, -0.05) is 11.6 Å². The highest BCUT2D eigenvalue weighted by Gasteiger charge is 2.09. The van der Waals surface area contributed by atoms with Crippen molar-refractivity contribution in [1.29, 1.82) is 0 Å². The fourth-order valence-corrected chi connectivity index (χ4v) is 0.868. The van der Waals surface area contributed by atoms with Crippen molar-refractivity contribution in [2.75, 3.05) is 7.11 Å². The predicted octanol–water partition coefficient (Wildman–Crippen LogP) is 1.66. The summed E-state index contributed by atoms with van der Waals surface area (Å²) in [6.07, 6.45) is 0. The maximum atomic E-state index is 12.5. The predicted molar refractivity (Wildman–Crippen MR) is 40.5 cm³/mol. The molecule has 0 atom stereocenters. The van der Waals surface area contributed by atoms with Gasteiger partial charge in [0, 0.05) is 11.1 Å². The topological polar surface area (TPSA) is 39.2 Å². The van der Waals surface area contributed by atoms with Crippen molar-refractivity contribution in [2.24, 2.45) is 0 Å². The Hall–Kier alpha value is -1.16. The molecular weight excluding hydrogens is 185 g/mol. The molecular formula is C7H5ClFNO2. The van der Waals surface area contributed by atoms with Gasteiger partial charge in [0.15, 0.2) is 5.69 Å². The van der Waals surface area contributed by atoms with Gasteiger partial charge < -0.3 is 4.74 Å². The fraction of sp³-hybridized carbons (Fsp3) is 0.143. The normalized spacial score (nSPS) is 9.58. The summed E-state index contributed by atoms with van der Waals surface area (Å²) in [6.45, 7) is 0. The van der Waals surface area contributed by atoms with Gasteiger partial charge in [0.2, 0.25) is 5.95 Å². The number of esters is 1. The SMILES string of the molecule is COC(=O)c1cc(Cl)cc(F)n1. The molecule has 1 aromatic rings. The minimum Gasteiger partial charge on any atom is -0.464 e. The fourth-order valence-electron chi connectivity index (χ4n) is 0.675. The Morgan fingerprint density at radius 3 is 2.83 bits per heavy atom. The average molecular weight is 190 g/mol. The second-order valence-electron chi connectivity index (χ2n) is 1.98. The van der Waals surface area contributed by atoms with Crippen LogP contribution in [-0.4, -0.2) is 18.1 Å². The summed E-state index contributed by atoms with van der Waals surface area (Å²) in [7, 11) is 1.18. The lowest BCUT2D eigenvalue weighted by molar-refractivity contribution is 0.0592. The van der Waals surface area contributed by atoms with Crippen molar-refractivity contribution in [2.45, 2.75) is 0 Å². The number of methoxy groups -OCH3 is 1. The van der Waals surface area contributed by atoms with Crippen molar-refractivity contribution in [1.82, 2.24) is 4.98 Å². The van der Waals surface area contributed by atoms with Gasteiger partial charge in [0.1, 0.15) is 0 Å². The third-order valence-corrected chi connectivity index (χ3v) is 1.37. The highest BCUT2D eigenvalue weighted by atomic mass is 35.5. The molecule has 1 rings (SSSR count). The highest BCUT2D eigenvalue weighted by molar-refractivity contribution is 6.30. The zero-order valence-electron chi connectivity index (χ0n) is 6.17. The van der Waals surface area contributed by atoms with E-state index in [1.165, 1.54) is 13.2 Å². The van der Waals surface area contributed by atoms with Crippen LogP contribution in [-0.2, 0) is 4.74 Å². The molecule has 64 valence electrons. The highest BCUT2D eigenvalue weighted by Crippen LogP contribution is 2.11. The molecule has 3 nitrogen and oxygen atoms in total. The van der Waals surface area contributed by atoms with Crippen LogP contribution in [0.15, 0.2) is 12.1 Å². The largest absolute Gasteiger partial charge is 0.464 e.